The van der Waals surface area contributed by atoms with E-state index in [2.05, 4.69) is 35.3 Å². The van der Waals surface area contributed by atoms with E-state index < -0.39 is 0 Å². The molecule has 5 nitrogen and oxygen atoms in total. The molecule has 3 rings (SSSR count). The Kier molecular flexibility index (Phi) is 7.43. The number of aryl methyl sites for hydroxylation is 1. The zero-order valence-electron chi connectivity index (χ0n) is 16.9. The Morgan fingerprint density at radius 2 is 1.79 bits per heavy atom. The summed E-state index contributed by atoms with van der Waals surface area (Å²) in [5, 5.41) is 4.27. The van der Waals surface area contributed by atoms with Gasteiger partial charge in [-0.15, -0.1) is 0 Å². The van der Waals surface area contributed by atoms with Crippen LogP contribution in [0.25, 0.3) is 0 Å². The SMILES string of the molecule is COc1cc(N2CCOCC2)c(OC)cc1CCNCc1cc(C)cc(Cl)c1. The third kappa shape index (κ3) is 5.31. The van der Waals surface area contributed by atoms with Crippen LogP contribution < -0.4 is 19.7 Å². The van der Waals surface area contributed by atoms with Gasteiger partial charge in [-0.3, -0.25) is 0 Å². The Morgan fingerprint density at radius 3 is 2.46 bits per heavy atom. The minimum atomic E-state index is 0.736. The van der Waals surface area contributed by atoms with Crippen molar-refractivity contribution in [3.63, 3.8) is 0 Å². The van der Waals surface area contributed by atoms with Crippen LogP contribution in [0.15, 0.2) is 30.3 Å². The van der Waals surface area contributed by atoms with Gasteiger partial charge in [0.2, 0.25) is 0 Å². The summed E-state index contributed by atoms with van der Waals surface area (Å²) < 4.78 is 16.8. The summed E-state index contributed by atoms with van der Waals surface area (Å²) in [4.78, 5) is 2.29. The normalized spacial score (nSPS) is 14.2. The molecule has 0 unspecified atom stereocenters. The van der Waals surface area contributed by atoms with Crippen LogP contribution in [-0.4, -0.2) is 47.1 Å². The fraction of sp³-hybridized carbons (Fsp3) is 0.455. The maximum atomic E-state index is 6.14. The Hall–Kier alpha value is -1.95. The Bertz CT molecular complexity index is 771. The first kappa shape index (κ1) is 20.8. The lowest BCUT2D eigenvalue weighted by molar-refractivity contribution is 0.122. The highest BCUT2D eigenvalue weighted by Crippen LogP contribution is 2.36. The van der Waals surface area contributed by atoms with E-state index in [1.807, 2.05) is 12.1 Å². The van der Waals surface area contributed by atoms with E-state index in [9.17, 15) is 0 Å². The van der Waals surface area contributed by atoms with E-state index in [0.717, 1.165) is 73.6 Å². The zero-order chi connectivity index (χ0) is 19.9. The van der Waals surface area contributed by atoms with Gasteiger partial charge in [0.1, 0.15) is 11.5 Å². The molecule has 0 aliphatic carbocycles. The quantitative estimate of drug-likeness (QED) is 0.677. The van der Waals surface area contributed by atoms with Gasteiger partial charge in [-0.2, -0.15) is 0 Å². The third-order valence-corrected chi connectivity index (χ3v) is 5.15. The molecule has 0 atom stereocenters. The third-order valence-electron chi connectivity index (χ3n) is 4.94. The molecule has 0 spiro atoms. The number of benzene rings is 2. The van der Waals surface area contributed by atoms with Crippen molar-refractivity contribution >= 4 is 17.3 Å². The van der Waals surface area contributed by atoms with Crippen LogP contribution in [0, 0.1) is 6.92 Å². The largest absolute Gasteiger partial charge is 0.496 e. The predicted octanol–water partition coefficient (Wildman–Crippen LogP) is 3.83. The summed E-state index contributed by atoms with van der Waals surface area (Å²) in [6.07, 6.45) is 0.850. The minimum absolute atomic E-state index is 0.736. The van der Waals surface area contributed by atoms with Gasteiger partial charge in [0.25, 0.3) is 0 Å². The van der Waals surface area contributed by atoms with E-state index in [-0.39, 0.29) is 0 Å². The molecular weight excluding hydrogens is 376 g/mol. The molecule has 152 valence electrons. The van der Waals surface area contributed by atoms with E-state index >= 15 is 0 Å². The number of halogens is 1. The summed E-state index contributed by atoms with van der Waals surface area (Å²) in [7, 11) is 3.44. The van der Waals surface area contributed by atoms with Gasteiger partial charge < -0.3 is 24.4 Å². The van der Waals surface area contributed by atoms with Crippen molar-refractivity contribution in [2.75, 3.05) is 52.0 Å². The molecule has 0 bridgehead atoms. The first-order valence-corrected chi connectivity index (χ1v) is 10.0. The topological polar surface area (TPSA) is 43.0 Å². The smallest absolute Gasteiger partial charge is 0.142 e. The van der Waals surface area contributed by atoms with Crippen molar-refractivity contribution in [1.29, 1.82) is 0 Å². The summed E-state index contributed by atoms with van der Waals surface area (Å²) in [6.45, 7) is 6.87. The van der Waals surface area contributed by atoms with Crippen molar-refractivity contribution in [2.24, 2.45) is 0 Å². The van der Waals surface area contributed by atoms with Crippen LogP contribution in [0.1, 0.15) is 16.7 Å². The number of hydrogen-bond acceptors (Lipinski definition) is 5. The van der Waals surface area contributed by atoms with E-state index in [1.165, 1.54) is 11.1 Å². The van der Waals surface area contributed by atoms with Crippen molar-refractivity contribution in [2.45, 2.75) is 19.9 Å². The number of morpholine rings is 1. The summed E-state index contributed by atoms with van der Waals surface area (Å²) in [5.74, 6) is 1.77. The molecule has 1 saturated heterocycles. The molecule has 2 aromatic carbocycles. The van der Waals surface area contributed by atoms with E-state index in [1.54, 1.807) is 14.2 Å². The second kappa shape index (κ2) is 10.0. The second-order valence-corrected chi connectivity index (χ2v) is 7.44. The lowest BCUT2D eigenvalue weighted by Gasteiger charge is -2.30. The van der Waals surface area contributed by atoms with Gasteiger partial charge in [-0.05, 0) is 54.8 Å². The van der Waals surface area contributed by atoms with Crippen LogP contribution in [-0.2, 0) is 17.7 Å². The maximum absolute atomic E-state index is 6.14. The second-order valence-electron chi connectivity index (χ2n) is 7.00. The first-order chi connectivity index (χ1) is 13.6. The predicted molar refractivity (Wildman–Crippen MR) is 114 cm³/mol. The van der Waals surface area contributed by atoms with Crippen LogP contribution in [0.2, 0.25) is 5.02 Å². The fourth-order valence-electron chi connectivity index (χ4n) is 3.56. The van der Waals surface area contributed by atoms with Crippen molar-refractivity contribution in [3.8, 4) is 11.5 Å². The molecule has 0 amide bonds. The minimum Gasteiger partial charge on any atom is -0.496 e. The Labute approximate surface area is 172 Å². The van der Waals surface area contributed by atoms with Crippen molar-refractivity contribution in [1.82, 2.24) is 5.32 Å². The number of nitrogens with zero attached hydrogens (tertiary/aromatic N) is 1. The number of hydrogen-bond donors (Lipinski definition) is 1. The highest BCUT2D eigenvalue weighted by atomic mass is 35.5. The number of methoxy groups -OCH3 is 2. The highest BCUT2D eigenvalue weighted by Gasteiger charge is 2.18. The van der Waals surface area contributed by atoms with Gasteiger partial charge in [-0.1, -0.05) is 17.7 Å². The molecule has 0 radical (unpaired) electrons. The fourth-order valence-corrected chi connectivity index (χ4v) is 3.87. The van der Waals surface area contributed by atoms with Gasteiger partial charge in [0, 0.05) is 30.7 Å². The van der Waals surface area contributed by atoms with Crippen LogP contribution >= 0.6 is 11.6 Å². The molecule has 1 aliphatic heterocycles. The van der Waals surface area contributed by atoms with Gasteiger partial charge >= 0.3 is 0 Å². The van der Waals surface area contributed by atoms with E-state index in [0.29, 0.717) is 0 Å². The van der Waals surface area contributed by atoms with Crippen LogP contribution in [0.4, 0.5) is 5.69 Å². The molecular formula is C22H29ClN2O3. The molecule has 6 heteroatoms. The average Bonchev–Trinajstić information content (AvgIpc) is 2.70. The number of anilines is 1. The number of rotatable bonds is 8. The zero-order valence-corrected chi connectivity index (χ0v) is 17.6. The highest BCUT2D eigenvalue weighted by molar-refractivity contribution is 6.30. The monoisotopic (exact) mass is 404 g/mol. The van der Waals surface area contributed by atoms with Gasteiger partial charge in [0.15, 0.2) is 0 Å². The molecule has 0 aromatic heterocycles. The van der Waals surface area contributed by atoms with Crippen LogP contribution in [0.3, 0.4) is 0 Å². The Balaban J connectivity index is 1.65. The molecule has 1 heterocycles. The van der Waals surface area contributed by atoms with E-state index in [4.69, 9.17) is 25.8 Å². The standard InChI is InChI=1S/C22H29ClN2O3/c1-16-10-17(12-19(23)11-16)15-24-5-4-18-13-22(27-3)20(14-21(18)26-2)25-6-8-28-9-7-25/h10-14,24H,4-9,15H2,1-3H3. The van der Waals surface area contributed by atoms with Gasteiger partial charge in [-0.25, -0.2) is 0 Å². The molecule has 1 fully saturated rings. The molecule has 28 heavy (non-hydrogen) atoms. The molecule has 1 N–H and O–H groups in total. The summed E-state index contributed by atoms with van der Waals surface area (Å²) in [5.41, 5.74) is 4.56. The summed E-state index contributed by atoms with van der Waals surface area (Å²) >= 11 is 6.14. The van der Waals surface area contributed by atoms with Crippen LogP contribution in [0.5, 0.6) is 11.5 Å². The lowest BCUT2D eigenvalue weighted by atomic mass is 10.1. The summed E-state index contributed by atoms with van der Waals surface area (Å²) in [6, 6.07) is 10.3. The molecule has 1 aliphatic rings. The molecule has 0 saturated carbocycles. The maximum Gasteiger partial charge on any atom is 0.142 e. The number of nitrogens with one attached hydrogen (secondary N) is 1. The average molecular weight is 405 g/mol. The first-order valence-electron chi connectivity index (χ1n) is 9.65. The number of ether oxygens (including phenoxy) is 3. The van der Waals surface area contributed by atoms with Crippen molar-refractivity contribution < 1.29 is 14.2 Å². The van der Waals surface area contributed by atoms with Crippen molar-refractivity contribution in [3.05, 3.63) is 52.0 Å². The lowest BCUT2D eigenvalue weighted by Crippen LogP contribution is -2.36. The van der Waals surface area contributed by atoms with Gasteiger partial charge in [0.05, 0.1) is 33.1 Å². The molecule has 2 aromatic rings. The Morgan fingerprint density at radius 1 is 1.04 bits per heavy atom.